The Balaban J connectivity index is 2.84. The number of nitrogens with zero attached hydrogens (tertiary/aromatic N) is 1. The summed E-state index contributed by atoms with van der Waals surface area (Å²) in [6, 6.07) is 1.46. The fourth-order valence-corrected chi connectivity index (χ4v) is 0.501. The zero-order chi connectivity index (χ0) is 5.98. The van der Waals surface area contributed by atoms with E-state index in [0.29, 0.717) is 11.0 Å². The minimum Gasteiger partial charge on any atom is -0.290 e. The number of hydrogen-bond donors (Lipinski definition) is 3. The van der Waals surface area contributed by atoms with Gasteiger partial charge >= 0.3 is 0 Å². The van der Waals surface area contributed by atoms with Gasteiger partial charge in [0.2, 0.25) is 0 Å². The Morgan fingerprint density at radius 3 is 2.88 bits per heavy atom. The fraction of sp³-hybridized carbons (Fsp3) is 0. The van der Waals surface area contributed by atoms with Crippen LogP contribution in [0.2, 0.25) is 5.15 Å². The first-order valence-electron chi connectivity index (χ1n) is 1.94. The normalized spacial score (nSPS) is 9.25. The van der Waals surface area contributed by atoms with Crippen molar-refractivity contribution in [3.63, 3.8) is 0 Å². The summed E-state index contributed by atoms with van der Waals surface area (Å²) in [6.45, 7) is 0. The third-order valence-corrected chi connectivity index (χ3v) is 0.855. The maximum absolute atomic E-state index is 8.16. The number of rotatable bonds is 1. The second-order valence-corrected chi connectivity index (χ2v) is 1.62. The van der Waals surface area contributed by atoms with E-state index in [4.69, 9.17) is 16.8 Å². The lowest BCUT2D eigenvalue weighted by atomic mass is 10.7. The number of halogens is 1. The predicted octanol–water partition coefficient (Wildman–Crippen LogP) is 0.864. The van der Waals surface area contributed by atoms with E-state index in [9.17, 15) is 0 Å². The summed E-state index contributed by atoms with van der Waals surface area (Å²) in [5.41, 5.74) is 1.82. The Kier molecular flexibility index (Phi) is 1.36. The van der Waals surface area contributed by atoms with E-state index in [2.05, 4.69) is 10.2 Å². The zero-order valence-electron chi connectivity index (χ0n) is 3.85. The number of aromatic amines is 1. The first kappa shape index (κ1) is 5.40. The SMILES string of the molecule is ONc1cc(Cl)[nH]n1. The van der Waals surface area contributed by atoms with Gasteiger partial charge in [0.15, 0.2) is 5.82 Å². The van der Waals surface area contributed by atoms with Gasteiger partial charge < -0.3 is 0 Å². The van der Waals surface area contributed by atoms with Crippen molar-refractivity contribution in [2.75, 3.05) is 5.48 Å². The van der Waals surface area contributed by atoms with Crippen molar-refractivity contribution in [3.05, 3.63) is 11.2 Å². The lowest BCUT2D eigenvalue weighted by Crippen LogP contribution is -1.87. The Hall–Kier alpha value is -0.740. The molecule has 1 heterocycles. The van der Waals surface area contributed by atoms with Gasteiger partial charge in [-0.05, 0) is 0 Å². The summed E-state index contributed by atoms with van der Waals surface area (Å²) in [6.07, 6.45) is 0. The highest BCUT2D eigenvalue weighted by Gasteiger charge is 1.92. The monoisotopic (exact) mass is 133 g/mol. The summed E-state index contributed by atoms with van der Waals surface area (Å²) < 4.78 is 0. The molecular formula is C3H4ClN3O. The predicted molar refractivity (Wildman–Crippen MR) is 29.0 cm³/mol. The van der Waals surface area contributed by atoms with Crippen LogP contribution in [0.1, 0.15) is 0 Å². The molecule has 1 rings (SSSR count). The molecular weight excluding hydrogens is 130 g/mol. The van der Waals surface area contributed by atoms with Crippen molar-refractivity contribution in [2.45, 2.75) is 0 Å². The molecule has 0 saturated heterocycles. The number of anilines is 1. The van der Waals surface area contributed by atoms with E-state index in [1.54, 1.807) is 0 Å². The zero-order valence-corrected chi connectivity index (χ0v) is 4.61. The molecule has 0 fully saturated rings. The standard InChI is InChI=1S/C3H4ClN3O/c4-2-1-3(7-8)6-5-2/h1,8H,(H2,5,6,7). The van der Waals surface area contributed by atoms with Crippen LogP contribution in [0.15, 0.2) is 6.07 Å². The van der Waals surface area contributed by atoms with Crippen LogP contribution in [-0.2, 0) is 0 Å². The molecule has 0 bridgehead atoms. The topological polar surface area (TPSA) is 60.9 Å². The van der Waals surface area contributed by atoms with Crippen LogP contribution in [-0.4, -0.2) is 15.4 Å². The average molecular weight is 134 g/mol. The van der Waals surface area contributed by atoms with Gasteiger partial charge in [0.1, 0.15) is 5.15 Å². The molecule has 0 radical (unpaired) electrons. The molecule has 44 valence electrons. The highest BCUT2D eigenvalue weighted by atomic mass is 35.5. The van der Waals surface area contributed by atoms with E-state index in [1.165, 1.54) is 6.07 Å². The molecule has 0 spiro atoms. The van der Waals surface area contributed by atoms with E-state index in [0.717, 1.165) is 0 Å². The van der Waals surface area contributed by atoms with Crippen molar-refractivity contribution in [1.82, 2.24) is 10.2 Å². The second kappa shape index (κ2) is 2.02. The molecule has 3 N–H and O–H groups in total. The van der Waals surface area contributed by atoms with Gasteiger partial charge in [0, 0.05) is 6.07 Å². The molecule has 0 unspecified atom stereocenters. The maximum atomic E-state index is 8.16. The van der Waals surface area contributed by atoms with Crippen LogP contribution in [0.25, 0.3) is 0 Å². The quantitative estimate of drug-likeness (QED) is 0.498. The summed E-state index contributed by atoms with van der Waals surface area (Å²) in [7, 11) is 0. The van der Waals surface area contributed by atoms with E-state index in [-0.39, 0.29) is 0 Å². The highest BCUT2D eigenvalue weighted by molar-refractivity contribution is 6.29. The van der Waals surface area contributed by atoms with Gasteiger partial charge in [-0.15, -0.1) is 0 Å². The molecule has 5 heteroatoms. The number of H-pyrrole nitrogens is 1. The van der Waals surface area contributed by atoms with Gasteiger partial charge in [-0.1, -0.05) is 11.6 Å². The smallest absolute Gasteiger partial charge is 0.172 e. The Morgan fingerprint density at radius 1 is 1.88 bits per heavy atom. The fourth-order valence-electron chi connectivity index (χ4n) is 0.355. The molecule has 0 saturated carbocycles. The lowest BCUT2D eigenvalue weighted by Gasteiger charge is -1.82. The summed E-state index contributed by atoms with van der Waals surface area (Å²) in [4.78, 5) is 0. The molecule has 8 heavy (non-hydrogen) atoms. The van der Waals surface area contributed by atoms with Gasteiger partial charge in [-0.25, -0.2) is 0 Å². The first-order chi connectivity index (χ1) is 3.83. The highest BCUT2D eigenvalue weighted by Crippen LogP contribution is 2.07. The van der Waals surface area contributed by atoms with E-state index >= 15 is 0 Å². The minimum absolute atomic E-state index is 0.315. The van der Waals surface area contributed by atoms with Crippen LogP contribution >= 0.6 is 11.6 Å². The van der Waals surface area contributed by atoms with Crippen LogP contribution in [0.4, 0.5) is 5.82 Å². The minimum atomic E-state index is 0.315. The van der Waals surface area contributed by atoms with Crippen LogP contribution in [0.5, 0.6) is 0 Å². The Labute approximate surface area is 50.4 Å². The lowest BCUT2D eigenvalue weighted by molar-refractivity contribution is 0.386. The van der Waals surface area contributed by atoms with Gasteiger partial charge in [-0.2, -0.15) is 5.10 Å². The third kappa shape index (κ3) is 0.907. The van der Waals surface area contributed by atoms with Gasteiger partial charge in [0.25, 0.3) is 0 Å². The van der Waals surface area contributed by atoms with Crippen LogP contribution < -0.4 is 5.48 Å². The van der Waals surface area contributed by atoms with Gasteiger partial charge in [-0.3, -0.25) is 15.8 Å². The van der Waals surface area contributed by atoms with Crippen molar-refractivity contribution >= 4 is 17.4 Å². The third-order valence-electron chi connectivity index (χ3n) is 0.661. The molecule has 0 aromatic carbocycles. The maximum Gasteiger partial charge on any atom is 0.172 e. The average Bonchev–Trinajstić information content (AvgIpc) is 2.14. The van der Waals surface area contributed by atoms with Crippen molar-refractivity contribution in [2.24, 2.45) is 0 Å². The van der Waals surface area contributed by atoms with Crippen LogP contribution in [0.3, 0.4) is 0 Å². The summed E-state index contributed by atoms with van der Waals surface area (Å²) >= 11 is 5.37. The number of aromatic nitrogens is 2. The molecule has 4 nitrogen and oxygen atoms in total. The number of nitrogens with one attached hydrogen (secondary N) is 2. The Morgan fingerprint density at radius 2 is 2.62 bits per heavy atom. The molecule has 0 aliphatic carbocycles. The van der Waals surface area contributed by atoms with Crippen molar-refractivity contribution < 1.29 is 5.21 Å². The van der Waals surface area contributed by atoms with Crippen molar-refractivity contribution in [3.8, 4) is 0 Å². The van der Waals surface area contributed by atoms with E-state index < -0.39 is 0 Å². The number of hydrogen-bond acceptors (Lipinski definition) is 3. The molecule has 1 aromatic heterocycles. The van der Waals surface area contributed by atoms with E-state index in [1.807, 2.05) is 5.48 Å². The largest absolute Gasteiger partial charge is 0.290 e. The second-order valence-electron chi connectivity index (χ2n) is 1.21. The Bertz CT molecular complexity index is 175. The molecule has 0 aliphatic rings. The summed E-state index contributed by atoms with van der Waals surface area (Å²) in [5.74, 6) is 0.315. The van der Waals surface area contributed by atoms with Gasteiger partial charge in [0.05, 0.1) is 0 Å². The molecule has 1 aromatic rings. The first-order valence-corrected chi connectivity index (χ1v) is 2.32. The van der Waals surface area contributed by atoms with Crippen molar-refractivity contribution in [1.29, 1.82) is 0 Å². The molecule has 0 amide bonds. The molecule has 0 aliphatic heterocycles. The molecule has 0 atom stereocenters. The summed E-state index contributed by atoms with van der Waals surface area (Å²) in [5, 5.41) is 14.5. The van der Waals surface area contributed by atoms with Crippen LogP contribution in [0, 0.1) is 0 Å².